The van der Waals surface area contributed by atoms with Crippen molar-refractivity contribution in [2.24, 2.45) is 0 Å². The first-order valence-electron chi connectivity index (χ1n) is 9.72. The number of carbonyl (C=O) groups excluding carboxylic acids is 1. The van der Waals surface area contributed by atoms with Crippen LogP contribution in [0.3, 0.4) is 0 Å². The summed E-state index contributed by atoms with van der Waals surface area (Å²) in [6.07, 6.45) is 3.38. The zero-order chi connectivity index (χ0) is 21.8. The lowest BCUT2D eigenvalue weighted by atomic mass is 10.1. The first kappa shape index (κ1) is 20.3. The molecule has 1 amide bonds. The number of aromatic carboxylic acids is 1. The first-order valence-corrected chi connectivity index (χ1v) is 9.72. The van der Waals surface area contributed by atoms with Crippen molar-refractivity contribution < 1.29 is 19.1 Å². The van der Waals surface area contributed by atoms with E-state index in [-0.39, 0.29) is 11.1 Å². The number of carbonyl (C=O) groups is 2. The van der Waals surface area contributed by atoms with Crippen LogP contribution in [0.4, 0.5) is 21.7 Å². The molecule has 0 atom stereocenters. The van der Waals surface area contributed by atoms with Crippen LogP contribution in [0, 0.1) is 5.82 Å². The second-order valence-electron chi connectivity index (χ2n) is 7.02. The van der Waals surface area contributed by atoms with E-state index in [0.717, 1.165) is 0 Å². The standard InChI is InChI=1S/C22H20FN5O3/c23-16-4-2-15(3-5-16)20(29)26-17-6-7-19(18(14-17)21(30)31)27-10-12-28(13-11-27)22-24-8-1-9-25-22/h1-9,14H,10-13H2,(H,26,29)(H,30,31). The lowest BCUT2D eigenvalue weighted by Gasteiger charge is -2.36. The van der Waals surface area contributed by atoms with E-state index in [4.69, 9.17) is 0 Å². The van der Waals surface area contributed by atoms with Crippen LogP contribution >= 0.6 is 0 Å². The summed E-state index contributed by atoms with van der Waals surface area (Å²) in [6, 6.07) is 11.7. The van der Waals surface area contributed by atoms with Crippen molar-refractivity contribution in [2.75, 3.05) is 41.3 Å². The molecule has 2 aromatic carbocycles. The summed E-state index contributed by atoms with van der Waals surface area (Å²) in [4.78, 5) is 36.8. The number of benzene rings is 2. The Hall–Kier alpha value is -4.01. The van der Waals surface area contributed by atoms with Gasteiger partial charge in [0.05, 0.1) is 11.3 Å². The molecule has 9 heteroatoms. The van der Waals surface area contributed by atoms with Gasteiger partial charge in [-0.2, -0.15) is 0 Å². The maximum atomic E-state index is 13.0. The Kier molecular flexibility index (Phi) is 5.74. The smallest absolute Gasteiger partial charge is 0.337 e. The van der Waals surface area contributed by atoms with Crippen LogP contribution in [0.15, 0.2) is 60.9 Å². The Morgan fingerprint density at radius 2 is 1.58 bits per heavy atom. The number of aromatic nitrogens is 2. The topological polar surface area (TPSA) is 98.7 Å². The Bertz CT molecular complexity index is 1080. The van der Waals surface area contributed by atoms with Crippen molar-refractivity contribution >= 4 is 29.2 Å². The van der Waals surface area contributed by atoms with E-state index in [1.165, 1.54) is 30.3 Å². The summed E-state index contributed by atoms with van der Waals surface area (Å²) in [6.45, 7) is 2.54. The Labute approximate surface area is 178 Å². The minimum atomic E-state index is -1.08. The molecule has 1 aromatic heterocycles. The highest BCUT2D eigenvalue weighted by Gasteiger charge is 2.23. The molecule has 4 rings (SSSR count). The van der Waals surface area contributed by atoms with Gasteiger partial charge >= 0.3 is 5.97 Å². The molecule has 1 aliphatic heterocycles. The Morgan fingerprint density at radius 3 is 2.23 bits per heavy atom. The molecule has 8 nitrogen and oxygen atoms in total. The van der Waals surface area contributed by atoms with Crippen LogP contribution in [-0.4, -0.2) is 53.1 Å². The van der Waals surface area contributed by atoms with Crippen LogP contribution in [-0.2, 0) is 0 Å². The molecular formula is C22H20FN5O3. The lowest BCUT2D eigenvalue weighted by molar-refractivity contribution is 0.0697. The number of amides is 1. The number of nitrogens with one attached hydrogen (secondary N) is 1. The molecule has 0 spiro atoms. The highest BCUT2D eigenvalue weighted by Crippen LogP contribution is 2.26. The maximum Gasteiger partial charge on any atom is 0.337 e. The number of carboxylic acids is 1. The van der Waals surface area contributed by atoms with Gasteiger partial charge in [-0.3, -0.25) is 4.79 Å². The van der Waals surface area contributed by atoms with Crippen LogP contribution in [0.2, 0.25) is 0 Å². The minimum Gasteiger partial charge on any atom is -0.478 e. The normalized spacial score (nSPS) is 13.7. The number of carboxylic acid groups (broad SMARTS) is 1. The monoisotopic (exact) mass is 421 g/mol. The largest absolute Gasteiger partial charge is 0.478 e. The molecule has 0 saturated carbocycles. The molecule has 2 heterocycles. The van der Waals surface area contributed by atoms with Gasteiger partial charge in [-0.15, -0.1) is 0 Å². The van der Waals surface area contributed by atoms with Gasteiger partial charge in [0, 0.05) is 49.8 Å². The van der Waals surface area contributed by atoms with E-state index in [1.54, 1.807) is 30.6 Å². The molecule has 3 aromatic rings. The summed E-state index contributed by atoms with van der Waals surface area (Å²) in [7, 11) is 0. The first-order chi connectivity index (χ1) is 15.0. The average Bonchev–Trinajstić information content (AvgIpc) is 2.80. The van der Waals surface area contributed by atoms with Crippen LogP contribution in [0.25, 0.3) is 0 Å². The average molecular weight is 421 g/mol. The summed E-state index contributed by atoms with van der Waals surface area (Å²) in [5.74, 6) is -1.31. The molecule has 2 N–H and O–H groups in total. The number of anilines is 3. The van der Waals surface area contributed by atoms with E-state index in [9.17, 15) is 19.1 Å². The fourth-order valence-corrected chi connectivity index (χ4v) is 3.47. The van der Waals surface area contributed by atoms with Crippen molar-refractivity contribution in [2.45, 2.75) is 0 Å². The number of piperazine rings is 1. The van der Waals surface area contributed by atoms with Crippen LogP contribution < -0.4 is 15.1 Å². The predicted octanol–water partition coefficient (Wildman–Crippen LogP) is 2.89. The molecular weight excluding hydrogens is 401 g/mol. The van der Waals surface area contributed by atoms with Gasteiger partial charge in [0.25, 0.3) is 5.91 Å². The van der Waals surface area contributed by atoms with Crippen molar-refractivity contribution in [1.82, 2.24) is 9.97 Å². The summed E-state index contributed by atoms with van der Waals surface area (Å²) in [5.41, 5.74) is 1.32. The van der Waals surface area contributed by atoms with Crippen LogP contribution in [0.5, 0.6) is 0 Å². The second-order valence-corrected chi connectivity index (χ2v) is 7.02. The van der Waals surface area contributed by atoms with E-state index in [2.05, 4.69) is 15.3 Å². The lowest BCUT2D eigenvalue weighted by Crippen LogP contribution is -2.47. The highest BCUT2D eigenvalue weighted by atomic mass is 19.1. The van der Waals surface area contributed by atoms with Gasteiger partial charge < -0.3 is 20.2 Å². The van der Waals surface area contributed by atoms with Gasteiger partial charge in [-0.05, 0) is 48.5 Å². The number of nitrogens with zero attached hydrogens (tertiary/aromatic N) is 4. The number of hydrogen-bond donors (Lipinski definition) is 2. The quantitative estimate of drug-likeness (QED) is 0.654. The fourth-order valence-electron chi connectivity index (χ4n) is 3.47. The fraction of sp³-hybridized carbons (Fsp3) is 0.182. The zero-order valence-electron chi connectivity index (χ0n) is 16.5. The molecule has 0 bridgehead atoms. The SMILES string of the molecule is O=C(Nc1ccc(N2CCN(c3ncccn3)CC2)c(C(=O)O)c1)c1ccc(F)cc1. The van der Waals surface area contributed by atoms with Crippen molar-refractivity contribution in [3.05, 3.63) is 77.9 Å². The van der Waals surface area contributed by atoms with Gasteiger partial charge in [0.1, 0.15) is 5.82 Å². The third-order valence-electron chi connectivity index (χ3n) is 5.05. The Morgan fingerprint density at radius 1 is 0.935 bits per heavy atom. The molecule has 31 heavy (non-hydrogen) atoms. The Balaban J connectivity index is 1.48. The van der Waals surface area contributed by atoms with Crippen LogP contribution in [0.1, 0.15) is 20.7 Å². The molecule has 0 unspecified atom stereocenters. The van der Waals surface area contributed by atoms with Gasteiger partial charge in [0.2, 0.25) is 5.95 Å². The number of hydrogen-bond acceptors (Lipinski definition) is 6. The van der Waals surface area contributed by atoms with E-state index in [1.807, 2.05) is 9.80 Å². The minimum absolute atomic E-state index is 0.0984. The van der Waals surface area contributed by atoms with E-state index in [0.29, 0.717) is 43.5 Å². The van der Waals surface area contributed by atoms with E-state index >= 15 is 0 Å². The maximum absolute atomic E-state index is 13.0. The molecule has 0 aliphatic carbocycles. The summed E-state index contributed by atoms with van der Waals surface area (Å²) >= 11 is 0. The van der Waals surface area contributed by atoms with Crippen molar-refractivity contribution in [3.8, 4) is 0 Å². The second kappa shape index (κ2) is 8.78. The summed E-state index contributed by atoms with van der Waals surface area (Å²) in [5, 5.41) is 12.4. The third-order valence-corrected chi connectivity index (χ3v) is 5.05. The van der Waals surface area contributed by atoms with Crippen molar-refractivity contribution in [1.29, 1.82) is 0 Å². The number of halogens is 1. The van der Waals surface area contributed by atoms with Gasteiger partial charge in [0.15, 0.2) is 0 Å². The zero-order valence-corrected chi connectivity index (χ0v) is 16.5. The van der Waals surface area contributed by atoms with Gasteiger partial charge in [-0.1, -0.05) is 0 Å². The van der Waals surface area contributed by atoms with E-state index < -0.39 is 17.7 Å². The van der Waals surface area contributed by atoms with Crippen molar-refractivity contribution in [3.63, 3.8) is 0 Å². The molecule has 158 valence electrons. The van der Waals surface area contributed by atoms with Gasteiger partial charge in [-0.25, -0.2) is 19.2 Å². The summed E-state index contributed by atoms with van der Waals surface area (Å²) < 4.78 is 13.0. The highest BCUT2D eigenvalue weighted by molar-refractivity contribution is 6.05. The molecule has 1 saturated heterocycles. The third kappa shape index (κ3) is 4.61. The number of rotatable bonds is 5. The predicted molar refractivity (Wildman–Crippen MR) is 114 cm³/mol. The molecule has 0 radical (unpaired) electrons. The molecule has 1 aliphatic rings. The molecule has 1 fully saturated rings.